The van der Waals surface area contributed by atoms with Crippen molar-refractivity contribution in [3.05, 3.63) is 53.0 Å². The number of carbonyl (C=O) groups is 2. The van der Waals surface area contributed by atoms with Crippen LogP contribution in [-0.4, -0.2) is 63.9 Å². The van der Waals surface area contributed by atoms with Gasteiger partial charge in [-0.2, -0.15) is 5.10 Å². The van der Waals surface area contributed by atoms with Crippen molar-refractivity contribution >= 4 is 29.0 Å². The lowest BCUT2D eigenvalue weighted by Gasteiger charge is -2.36. The van der Waals surface area contributed by atoms with Gasteiger partial charge in [-0.3, -0.25) is 9.89 Å². The number of hydrogen-bond acceptors (Lipinski definition) is 7. The van der Waals surface area contributed by atoms with Crippen LogP contribution in [0.4, 0.5) is 9.18 Å². The average molecular weight is 509 g/mol. The number of ketones is 1. The predicted molar refractivity (Wildman–Crippen MR) is 134 cm³/mol. The number of aromatic amines is 1. The summed E-state index contributed by atoms with van der Waals surface area (Å²) in [6, 6.07) is 7.00. The Bertz CT molecular complexity index is 1390. The number of halogens is 1. The van der Waals surface area contributed by atoms with Crippen molar-refractivity contribution < 1.29 is 28.2 Å². The lowest BCUT2D eigenvalue weighted by Crippen LogP contribution is -2.47. The number of rotatable bonds is 4. The number of nitrogens with zero attached hydrogens (tertiary/aromatic N) is 3. The van der Waals surface area contributed by atoms with E-state index in [1.807, 2.05) is 6.07 Å². The number of allylic oxidation sites excluding steroid dienone is 1. The third-order valence-electron chi connectivity index (χ3n) is 6.55. The summed E-state index contributed by atoms with van der Waals surface area (Å²) < 4.78 is 32.3. The molecule has 0 aliphatic carbocycles. The van der Waals surface area contributed by atoms with Gasteiger partial charge in [0.05, 0.1) is 24.9 Å². The minimum atomic E-state index is -1.27. The number of amides is 1. The van der Waals surface area contributed by atoms with E-state index in [2.05, 4.69) is 15.2 Å². The third-order valence-corrected chi connectivity index (χ3v) is 6.55. The fourth-order valence-electron chi connectivity index (χ4n) is 4.72. The Hall–Kier alpha value is -3.95. The normalized spacial score (nSPS) is 20.7. The number of methoxy groups -OCH3 is 1. The molecule has 1 aromatic carbocycles. The zero-order chi connectivity index (χ0) is 26.3. The fourth-order valence-corrected chi connectivity index (χ4v) is 4.72. The summed E-state index contributed by atoms with van der Waals surface area (Å²) in [7, 11) is 1.53. The number of H-pyrrole nitrogens is 1. The Morgan fingerprint density at radius 2 is 2.14 bits per heavy atom. The molecule has 2 unspecified atom stereocenters. The summed E-state index contributed by atoms with van der Waals surface area (Å²) in [5.74, 6) is 0.347. The van der Waals surface area contributed by atoms with E-state index < -0.39 is 17.9 Å². The maximum absolute atomic E-state index is 15.3. The molecular weight excluding hydrogens is 479 g/mol. The van der Waals surface area contributed by atoms with E-state index in [4.69, 9.17) is 14.2 Å². The first-order valence-electron chi connectivity index (χ1n) is 12.2. The van der Waals surface area contributed by atoms with E-state index in [1.54, 1.807) is 51.2 Å². The number of fused-ring (bicyclic) bond motifs is 2. The highest BCUT2D eigenvalue weighted by Crippen LogP contribution is 2.42. The molecule has 0 radical (unpaired) electrons. The zero-order valence-electron chi connectivity index (χ0n) is 21.2. The molecule has 2 aromatic heterocycles. The lowest BCUT2D eigenvalue weighted by atomic mass is 9.87. The standard InChI is InChI=1S/C27H29FN4O5/c1-27(2,3)37-26(34)32-11-9-15(19(28)14-32)12-18-21(35-4)8-7-17-23(33)22(36-24(17)18)13-20-16-6-5-10-29-25(16)31-30-20/h5-8,10,13,15,19H,9,11-12,14H2,1-4H3,(H,29,30,31). The van der Waals surface area contributed by atoms with Gasteiger partial charge in [0.15, 0.2) is 11.4 Å². The number of likely N-dealkylation sites (tertiary alicyclic amines) is 1. The van der Waals surface area contributed by atoms with Crippen LogP contribution in [0.2, 0.25) is 0 Å². The zero-order valence-corrected chi connectivity index (χ0v) is 21.2. The monoisotopic (exact) mass is 508 g/mol. The predicted octanol–water partition coefficient (Wildman–Crippen LogP) is 4.72. The van der Waals surface area contributed by atoms with Crippen LogP contribution in [0, 0.1) is 5.92 Å². The number of hydrogen-bond donors (Lipinski definition) is 1. The molecule has 37 heavy (non-hydrogen) atoms. The average Bonchev–Trinajstić information content (AvgIpc) is 3.40. The lowest BCUT2D eigenvalue weighted by molar-refractivity contribution is 0.00542. The van der Waals surface area contributed by atoms with E-state index in [9.17, 15) is 9.59 Å². The van der Waals surface area contributed by atoms with E-state index in [0.29, 0.717) is 53.4 Å². The van der Waals surface area contributed by atoms with Gasteiger partial charge in [0.1, 0.15) is 23.3 Å². The Balaban J connectivity index is 1.38. The van der Waals surface area contributed by atoms with Crippen LogP contribution in [0.1, 0.15) is 48.8 Å². The molecule has 5 rings (SSSR count). The molecule has 194 valence electrons. The summed E-state index contributed by atoms with van der Waals surface area (Å²) in [5, 5.41) is 7.85. The number of pyridine rings is 1. The number of piperidine rings is 1. The van der Waals surface area contributed by atoms with E-state index in [0.717, 1.165) is 5.39 Å². The number of carbonyl (C=O) groups excluding carboxylic acids is 2. The van der Waals surface area contributed by atoms with Crippen LogP contribution in [0.25, 0.3) is 17.1 Å². The van der Waals surface area contributed by atoms with Crippen molar-refractivity contribution in [1.29, 1.82) is 0 Å². The first-order chi connectivity index (χ1) is 17.6. The van der Waals surface area contributed by atoms with E-state index >= 15 is 4.39 Å². The fraction of sp³-hybridized carbons (Fsp3) is 0.407. The second kappa shape index (κ2) is 9.49. The Morgan fingerprint density at radius 1 is 1.32 bits per heavy atom. The van der Waals surface area contributed by atoms with Gasteiger partial charge in [0.25, 0.3) is 0 Å². The summed E-state index contributed by atoms with van der Waals surface area (Å²) in [4.78, 5) is 31.2. The van der Waals surface area contributed by atoms with Crippen LogP contribution >= 0.6 is 0 Å². The largest absolute Gasteiger partial charge is 0.496 e. The summed E-state index contributed by atoms with van der Waals surface area (Å²) in [6.45, 7) is 5.66. The smallest absolute Gasteiger partial charge is 0.410 e. The second-order valence-electron chi connectivity index (χ2n) is 10.3. The first-order valence-corrected chi connectivity index (χ1v) is 12.2. The van der Waals surface area contributed by atoms with Crippen molar-refractivity contribution in [1.82, 2.24) is 20.1 Å². The van der Waals surface area contributed by atoms with Crippen LogP contribution in [0.5, 0.6) is 11.5 Å². The highest BCUT2D eigenvalue weighted by molar-refractivity contribution is 6.15. The van der Waals surface area contributed by atoms with Crippen molar-refractivity contribution in [3.63, 3.8) is 0 Å². The molecular formula is C27H29FN4O5. The molecule has 0 saturated carbocycles. The maximum atomic E-state index is 15.3. The molecule has 10 heteroatoms. The summed E-state index contributed by atoms with van der Waals surface area (Å²) in [5.41, 5.74) is 1.51. The minimum absolute atomic E-state index is 0.0534. The molecule has 1 fully saturated rings. The Morgan fingerprint density at radius 3 is 2.86 bits per heavy atom. The second-order valence-corrected chi connectivity index (χ2v) is 10.3. The number of aromatic nitrogens is 3. The van der Waals surface area contributed by atoms with Crippen LogP contribution in [-0.2, 0) is 11.2 Å². The summed E-state index contributed by atoms with van der Waals surface area (Å²) >= 11 is 0. The molecule has 2 atom stereocenters. The molecule has 3 aromatic rings. The Labute approximate surface area is 213 Å². The topological polar surface area (TPSA) is 107 Å². The van der Waals surface area contributed by atoms with Gasteiger partial charge < -0.3 is 19.1 Å². The molecule has 1 amide bonds. The van der Waals surface area contributed by atoms with E-state index in [1.165, 1.54) is 12.0 Å². The SMILES string of the molecule is COc1ccc2c(c1CC1CCN(C(=O)OC(C)(C)C)CC1F)OC(=Cc1n[nH]c3ncccc13)C2=O. The van der Waals surface area contributed by atoms with Crippen LogP contribution < -0.4 is 9.47 Å². The van der Waals surface area contributed by atoms with Gasteiger partial charge in [-0.15, -0.1) is 0 Å². The van der Waals surface area contributed by atoms with Gasteiger partial charge in [0, 0.05) is 29.8 Å². The van der Waals surface area contributed by atoms with Gasteiger partial charge >= 0.3 is 6.09 Å². The molecule has 0 bridgehead atoms. The van der Waals surface area contributed by atoms with Gasteiger partial charge in [-0.1, -0.05) is 0 Å². The molecule has 2 aliphatic rings. The van der Waals surface area contributed by atoms with Crippen molar-refractivity contribution in [3.8, 4) is 11.5 Å². The van der Waals surface area contributed by atoms with Gasteiger partial charge in [-0.05, 0) is 63.8 Å². The highest BCUT2D eigenvalue weighted by atomic mass is 19.1. The molecule has 2 aliphatic heterocycles. The first kappa shape index (κ1) is 24.7. The number of nitrogens with one attached hydrogen (secondary N) is 1. The molecule has 4 heterocycles. The van der Waals surface area contributed by atoms with Crippen molar-refractivity contribution in [2.75, 3.05) is 20.2 Å². The number of benzene rings is 1. The molecule has 0 spiro atoms. The highest BCUT2D eigenvalue weighted by Gasteiger charge is 2.37. The van der Waals surface area contributed by atoms with Gasteiger partial charge in [-0.25, -0.2) is 14.2 Å². The molecule has 1 N–H and O–H groups in total. The van der Waals surface area contributed by atoms with Crippen LogP contribution in [0.15, 0.2) is 36.2 Å². The number of ether oxygens (including phenoxy) is 3. The van der Waals surface area contributed by atoms with E-state index in [-0.39, 0.29) is 24.0 Å². The maximum Gasteiger partial charge on any atom is 0.410 e. The quantitative estimate of drug-likeness (QED) is 0.508. The van der Waals surface area contributed by atoms with Crippen molar-refractivity contribution in [2.24, 2.45) is 5.92 Å². The molecule has 1 saturated heterocycles. The van der Waals surface area contributed by atoms with Crippen LogP contribution in [0.3, 0.4) is 0 Å². The Kier molecular flexibility index (Phi) is 6.35. The van der Waals surface area contributed by atoms with Crippen molar-refractivity contribution in [2.45, 2.75) is 45.4 Å². The third kappa shape index (κ3) is 4.87. The number of Topliss-reactive ketones (excluding diaryl/α,β-unsaturated/α-hetero) is 1. The minimum Gasteiger partial charge on any atom is -0.496 e. The summed E-state index contributed by atoms with van der Waals surface area (Å²) in [6.07, 6.45) is 2.19. The van der Waals surface area contributed by atoms with Gasteiger partial charge in [0.2, 0.25) is 5.78 Å². The molecule has 9 nitrogen and oxygen atoms in total. The number of alkyl halides is 1.